The van der Waals surface area contributed by atoms with Gasteiger partial charge in [0.1, 0.15) is 23.0 Å². The molecule has 2 atom stereocenters. The molecule has 8 aromatic rings. The summed E-state index contributed by atoms with van der Waals surface area (Å²) in [5.74, 6) is -1.70. The van der Waals surface area contributed by atoms with Crippen LogP contribution in [0.5, 0.6) is 23.0 Å². The van der Waals surface area contributed by atoms with E-state index in [2.05, 4.69) is 30.3 Å². The maximum Gasteiger partial charge on any atom is 0.373 e. The van der Waals surface area contributed by atoms with Crippen LogP contribution in [0.1, 0.15) is 251 Å². The summed E-state index contributed by atoms with van der Waals surface area (Å²) in [6, 6.07) is 16.4. The number of rotatable bonds is 31. The Morgan fingerprint density at radius 3 is 0.795 bits per heavy atom. The van der Waals surface area contributed by atoms with Crippen molar-refractivity contribution < 1.29 is 114 Å². The van der Waals surface area contributed by atoms with Crippen LogP contribution in [0.15, 0.2) is 121 Å². The molecule has 0 saturated heterocycles. The first-order chi connectivity index (χ1) is 61.4. The molecular weight excluding hydrogens is 1800 g/mol. The van der Waals surface area contributed by atoms with E-state index in [9.17, 15) is 33.6 Å². The van der Waals surface area contributed by atoms with Crippen LogP contribution in [0, 0.1) is 0 Å². The number of hydrogen-bond acceptors (Lipinski definition) is 24. The van der Waals surface area contributed by atoms with Crippen LogP contribution in [0.3, 0.4) is 0 Å². The topological polar surface area (TPSA) is 343 Å². The van der Waals surface area contributed by atoms with Gasteiger partial charge in [-0.15, -0.1) is 0 Å². The second-order valence-corrected chi connectivity index (χ2v) is 37.5. The fourth-order valence-electron chi connectivity index (χ4n) is 15.8. The molecule has 0 aliphatic heterocycles. The number of ether oxygens (including phenoxy) is 7. The second kappa shape index (κ2) is 51.8. The van der Waals surface area contributed by atoms with Crippen molar-refractivity contribution in [3.05, 3.63) is 210 Å². The van der Waals surface area contributed by atoms with Gasteiger partial charge in [0.2, 0.25) is 0 Å². The highest BCUT2D eigenvalue weighted by Gasteiger charge is 2.37. The quantitative estimate of drug-likeness (QED) is 0.0221. The molecule has 678 valence electrons. The van der Waals surface area contributed by atoms with Gasteiger partial charge in [0, 0.05) is 71.8 Å². The van der Waals surface area contributed by atoms with Crippen molar-refractivity contribution in [2.45, 2.75) is 198 Å². The summed E-state index contributed by atoms with van der Waals surface area (Å²) in [5, 5.41) is 0. The normalized spacial score (nSPS) is 13.5. The van der Waals surface area contributed by atoms with Crippen molar-refractivity contribution in [2.24, 2.45) is 0 Å². The van der Waals surface area contributed by atoms with Crippen LogP contribution in [0.2, 0.25) is 0 Å². The summed E-state index contributed by atoms with van der Waals surface area (Å²) < 4.78 is 71.4. The lowest BCUT2D eigenvalue weighted by atomic mass is 9.80. The van der Waals surface area contributed by atoms with Crippen LogP contribution in [0.4, 0.5) is 0 Å². The maximum atomic E-state index is 13.7. The molecule has 5 aliphatic rings. The van der Waals surface area contributed by atoms with E-state index < -0.39 is 66.4 Å². The van der Waals surface area contributed by atoms with Gasteiger partial charge < -0.3 is 51.3 Å². The van der Waals surface area contributed by atoms with Crippen molar-refractivity contribution in [3.63, 3.8) is 0 Å². The molecule has 0 N–H and O–H groups in total. The highest BCUT2D eigenvalue weighted by atomic mass is 35.9. The standard InChI is InChI=1S/C58H68N4O14P2.C20H20Cl4O2P2.C10H14O2.3CO2/c1-9-37-29-59(31-43(37)53(63)69-11-3)77(61-33-45(55(65)71-13-5)46(34-61)56(66)72-14-6)75-49-27-25-39-21-17-19-23-41(39)51(49)52-42-24-20-18-22-40(42)26-28-50(52)76-78(60-30-38(10-2)44(32-60)54(64)70-12-4)62-35-47(57(67)73-15-7)48(36-62)58(68)74-16-8;21-27(22)25-17-11-9-13-5-1-3-7-15(13)19(17)20-16-8-4-2-6-14(16)10-12-18(20)26-28(23)24;1-3-8-6-5-7-9(8)10(11)12-4-2;3*2-1-3/h25-36H,9-24H2,1-8H3;9-12H,1-8H2;6-7H,3-5H2,1-2H3;;;. The number of allylic oxidation sites excluding steroid dienone is 2. The van der Waals surface area contributed by atoms with E-state index in [0.29, 0.717) is 77.5 Å². The minimum atomic E-state index is -2.15. The van der Waals surface area contributed by atoms with Crippen molar-refractivity contribution in [1.82, 2.24) is 17.4 Å². The van der Waals surface area contributed by atoms with Gasteiger partial charge in [-0.05, 0) is 307 Å². The Balaban J connectivity index is 0.000000328. The number of esters is 7. The highest BCUT2D eigenvalue weighted by molar-refractivity contribution is 8.01. The number of benzene rings is 4. The minimum absolute atomic E-state index is 0.0173. The predicted molar refractivity (Wildman–Crippen MR) is 480 cm³/mol. The Hall–Kier alpha value is -10.0. The minimum Gasteiger partial charge on any atom is -0.462 e. The smallest absolute Gasteiger partial charge is 0.373 e. The molecule has 28 nitrogen and oxygen atoms in total. The molecule has 127 heavy (non-hydrogen) atoms. The molecule has 0 bridgehead atoms. The van der Waals surface area contributed by atoms with Crippen LogP contribution >= 0.6 is 75.6 Å². The van der Waals surface area contributed by atoms with Crippen LogP contribution in [0.25, 0.3) is 22.3 Å². The summed E-state index contributed by atoms with van der Waals surface area (Å²) in [6.45, 7) is 15.8. The summed E-state index contributed by atoms with van der Waals surface area (Å²) >= 11 is 24.2. The molecule has 0 fully saturated rings. The molecule has 4 aromatic heterocycles. The number of nitrogens with zero attached hydrogens (tertiary/aromatic N) is 4. The first-order valence-corrected chi connectivity index (χ1v) is 50.5. The summed E-state index contributed by atoms with van der Waals surface area (Å²) in [7, 11) is -4.31. The fraction of sp³-hybridized carbons (Fsp3) is 0.407. The molecule has 0 radical (unpaired) electrons. The molecular formula is C91H102Cl4N4O24P4. The zero-order valence-corrected chi connectivity index (χ0v) is 79.0. The Bertz CT molecular complexity index is 5000. The number of hydrogen-bond donors (Lipinski definition) is 0. The average molecular weight is 1900 g/mol. The van der Waals surface area contributed by atoms with E-state index in [4.69, 9.17) is 125 Å². The van der Waals surface area contributed by atoms with Gasteiger partial charge in [-0.25, -0.2) is 33.6 Å². The lowest BCUT2D eigenvalue weighted by molar-refractivity contribution is -0.193. The molecule has 0 amide bonds. The zero-order valence-electron chi connectivity index (χ0n) is 72.4. The lowest BCUT2D eigenvalue weighted by Gasteiger charge is -2.30. The summed E-state index contributed by atoms with van der Waals surface area (Å²) in [4.78, 5) is 142. The van der Waals surface area contributed by atoms with Gasteiger partial charge in [0.25, 0.3) is 13.7 Å². The van der Waals surface area contributed by atoms with E-state index in [1.807, 2.05) is 70.4 Å². The fourth-order valence-corrected chi connectivity index (χ4v) is 20.5. The average Bonchev–Trinajstić information content (AvgIpc) is 1.47. The molecule has 0 saturated carbocycles. The monoisotopic (exact) mass is 1900 g/mol. The van der Waals surface area contributed by atoms with Crippen molar-refractivity contribution in [1.29, 1.82) is 0 Å². The van der Waals surface area contributed by atoms with Crippen molar-refractivity contribution >= 4 is 136 Å². The molecule has 5 aliphatic carbocycles. The first-order valence-electron chi connectivity index (χ1n) is 42.0. The van der Waals surface area contributed by atoms with E-state index in [1.165, 1.54) is 59.9 Å². The van der Waals surface area contributed by atoms with E-state index in [0.717, 1.165) is 146 Å². The third-order valence-electron chi connectivity index (χ3n) is 21.0. The lowest BCUT2D eigenvalue weighted by Crippen LogP contribution is -2.13. The zero-order chi connectivity index (χ0) is 92.4. The van der Waals surface area contributed by atoms with Gasteiger partial charge in [-0.2, -0.15) is 28.8 Å². The number of carbonyl (C=O) groups excluding carboxylic acids is 13. The molecule has 0 spiro atoms. The van der Waals surface area contributed by atoms with Crippen LogP contribution in [-0.4, -0.2) is 124 Å². The highest BCUT2D eigenvalue weighted by Crippen LogP contribution is 2.58. The van der Waals surface area contributed by atoms with Gasteiger partial charge in [0.05, 0.1) is 85.2 Å². The number of aromatic nitrogens is 4. The number of fused-ring (bicyclic) bond motifs is 4. The van der Waals surface area contributed by atoms with E-state index >= 15 is 0 Å². The molecule has 13 rings (SSSR count). The second-order valence-electron chi connectivity index (χ2n) is 28.4. The third-order valence-corrected chi connectivity index (χ3v) is 25.7. The third kappa shape index (κ3) is 26.4. The Morgan fingerprint density at radius 2 is 0.543 bits per heavy atom. The van der Waals surface area contributed by atoms with Crippen LogP contribution in [-0.2, 0) is 131 Å². The summed E-state index contributed by atoms with van der Waals surface area (Å²) in [6.07, 6.45) is 36.3. The van der Waals surface area contributed by atoms with Gasteiger partial charge in [0.15, 0.2) is 0 Å². The number of carbonyl (C=O) groups is 7. The molecule has 4 heterocycles. The van der Waals surface area contributed by atoms with Gasteiger partial charge in [-0.1, -0.05) is 57.2 Å². The van der Waals surface area contributed by atoms with Crippen molar-refractivity contribution in [3.8, 4) is 45.3 Å². The van der Waals surface area contributed by atoms with Crippen molar-refractivity contribution in [2.75, 3.05) is 46.2 Å². The SMILES string of the molecule is CCOC(=O)C1=CCC=C1CC.CCOC(=O)c1cn(P(Oc2ccc3c(c2-c2c(OP(n4cc(CC)c(C(=O)OCC)c4)n4cc(C(=O)OCC)c(C(=O)OCC)c4)ccc4c2CCCC4)CCCC3)n2cc(C(=O)OCC)c(C(=O)OCC)c2)cc1CC.ClP(Cl)Oc1ccc2c(c1-c1c(OP(Cl)Cl)ccc3c1CCCC3)CCCC2.O=C=O.O=C=O.O=C=O. The molecule has 36 heteroatoms. The molecule has 2 unspecified atom stereocenters. The largest absolute Gasteiger partial charge is 0.462 e. The number of halogens is 4. The maximum absolute atomic E-state index is 13.7. The molecule has 4 aromatic carbocycles. The first kappa shape index (κ1) is 102. The Morgan fingerprint density at radius 1 is 0.307 bits per heavy atom. The predicted octanol–water partition coefficient (Wildman–Crippen LogP) is 21.7. The van der Waals surface area contributed by atoms with E-state index in [-0.39, 0.29) is 86.3 Å². The number of aryl methyl sites for hydroxylation is 6. The van der Waals surface area contributed by atoms with Crippen LogP contribution < -0.4 is 18.1 Å². The Kier molecular flexibility index (Phi) is 41.8. The van der Waals surface area contributed by atoms with Gasteiger partial charge in [-0.3, -0.25) is 17.4 Å². The van der Waals surface area contributed by atoms with E-state index in [1.54, 1.807) is 71.3 Å². The summed E-state index contributed by atoms with van der Waals surface area (Å²) in [5.41, 5.74) is 17.4. The van der Waals surface area contributed by atoms with Gasteiger partial charge >= 0.3 is 77.1 Å². The Labute approximate surface area is 761 Å².